The zero-order valence-corrected chi connectivity index (χ0v) is 17.3. The number of nitrogens with one attached hydrogen (secondary N) is 1. The summed E-state index contributed by atoms with van der Waals surface area (Å²) in [6.07, 6.45) is -5.39. The molecule has 0 spiro atoms. The molecule has 0 aromatic heterocycles. The van der Waals surface area contributed by atoms with E-state index in [-0.39, 0.29) is 48.8 Å². The predicted molar refractivity (Wildman–Crippen MR) is 111 cm³/mol. The first kappa shape index (κ1) is 23.8. The number of nitrogens with two attached hydrogens (primary N) is 1. The molecule has 154 valence electrons. The minimum atomic E-state index is -4.40. The first-order valence-corrected chi connectivity index (χ1v) is 7.97. The third-order valence-electron chi connectivity index (χ3n) is 3.47. The Kier molecular flexibility index (Phi) is 9.32. The molecule has 1 atom stereocenters. The van der Waals surface area contributed by atoms with Crippen LogP contribution in [0.5, 0.6) is 11.5 Å². The number of benzene rings is 2. The molecule has 0 fully saturated rings. The van der Waals surface area contributed by atoms with Gasteiger partial charge in [0.05, 0.1) is 24.9 Å². The minimum absolute atomic E-state index is 0. The second kappa shape index (κ2) is 11.0. The highest BCUT2D eigenvalue weighted by atomic mass is 127. The lowest BCUT2D eigenvalue weighted by Gasteiger charge is -2.13. The number of nitrogens with zero attached hydrogens (tertiary/aromatic N) is 1. The number of aliphatic imine (C=N–C) groups is 1. The molecule has 2 rings (SSSR count). The van der Waals surface area contributed by atoms with Gasteiger partial charge in [0.2, 0.25) is 0 Å². The Hall–Kier alpha value is -2.21. The maximum Gasteiger partial charge on any atom is 0.416 e. The van der Waals surface area contributed by atoms with Crippen LogP contribution in [0.4, 0.5) is 18.9 Å². The van der Waals surface area contributed by atoms with Gasteiger partial charge in [-0.1, -0.05) is 12.1 Å². The number of guanidine groups is 1. The Balaban J connectivity index is 0.00000392. The molecule has 1 unspecified atom stereocenters. The van der Waals surface area contributed by atoms with Gasteiger partial charge in [0.1, 0.15) is 24.2 Å². The number of anilines is 1. The van der Waals surface area contributed by atoms with Crippen molar-refractivity contribution in [3.63, 3.8) is 0 Å². The predicted octanol–water partition coefficient (Wildman–Crippen LogP) is 3.50. The van der Waals surface area contributed by atoms with Gasteiger partial charge < -0.3 is 25.6 Å². The van der Waals surface area contributed by atoms with Crippen molar-refractivity contribution in [2.24, 2.45) is 10.7 Å². The molecule has 0 saturated heterocycles. The average Bonchev–Trinajstić information content (AvgIpc) is 2.64. The quantitative estimate of drug-likeness (QED) is 0.301. The summed E-state index contributed by atoms with van der Waals surface area (Å²) in [6, 6.07) is 11.3. The van der Waals surface area contributed by atoms with Crippen LogP contribution in [0.2, 0.25) is 0 Å². The van der Waals surface area contributed by atoms with E-state index in [4.69, 9.17) is 15.2 Å². The number of hydrogen-bond acceptors (Lipinski definition) is 4. The third-order valence-corrected chi connectivity index (χ3v) is 3.47. The minimum Gasteiger partial charge on any atom is -0.495 e. The smallest absolute Gasteiger partial charge is 0.416 e. The zero-order valence-electron chi connectivity index (χ0n) is 14.9. The summed E-state index contributed by atoms with van der Waals surface area (Å²) in [7, 11) is 1.52. The van der Waals surface area contributed by atoms with Gasteiger partial charge >= 0.3 is 6.18 Å². The van der Waals surface area contributed by atoms with Crippen molar-refractivity contribution in [2.75, 3.05) is 25.6 Å². The first-order chi connectivity index (χ1) is 12.8. The molecule has 0 aliphatic rings. The molecular weight excluding hydrogens is 490 g/mol. The lowest BCUT2D eigenvalue weighted by molar-refractivity contribution is -0.137. The number of methoxy groups -OCH3 is 1. The van der Waals surface area contributed by atoms with E-state index in [1.54, 1.807) is 24.3 Å². The van der Waals surface area contributed by atoms with E-state index in [1.807, 2.05) is 0 Å². The molecule has 0 amide bonds. The Bertz CT molecular complexity index is 771. The Morgan fingerprint density at radius 2 is 1.82 bits per heavy atom. The van der Waals surface area contributed by atoms with E-state index < -0.39 is 17.8 Å². The molecular formula is C18H21F3IN3O3. The van der Waals surface area contributed by atoms with Gasteiger partial charge in [-0.3, -0.25) is 4.99 Å². The number of aliphatic hydroxyl groups is 1. The van der Waals surface area contributed by atoms with Gasteiger partial charge in [0, 0.05) is 0 Å². The molecule has 6 nitrogen and oxygen atoms in total. The Labute approximate surface area is 177 Å². The van der Waals surface area contributed by atoms with E-state index >= 15 is 0 Å². The number of halogens is 4. The highest BCUT2D eigenvalue weighted by molar-refractivity contribution is 14.0. The second-order valence-electron chi connectivity index (χ2n) is 5.54. The molecule has 2 aromatic rings. The van der Waals surface area contributed by atoms with E-state index in [2.05, 4.69) is 10.3 Å². The van der Waals surface area contributed by atoms with Crippen LogP contribution < -0.4 is 20.5 Å². The van der Waals surface area contributed by atoms with Crippen molar-refractivity contribution < 1.29 is 27.8 Å². The topological polar surface area (TPSA) is 89.1 Å². The van der Waals surface area contributed by atoms with Crippen molar-refractivity contribution in [1.29, 1.82) is 0 Å². The Morgan fingerprint density at radius 3 is 2.43 bits per heavy atom. The normalized spacial score (nSPS) is 12.7. The summed E-state index contributed by atoms with van der Waals surface area (Å²) in [5, 5.41) is 12.7. The van der Waals surface area contributed by atoms with Crippen LogP contribution in [0.25, 0.3) is 0 Å². The summed E-state index contributed by atoms with van der Waals surface area (Å²) < 4.78 is 47.9. The lowest BCUT2D eigenvalue weighted by atomic mass is 10.2. The standard InChI is InChI=1S/C18H20F3N3O3.HI/c1-26-16-5-3-2-4-15(16)24-17(22)23-10-13(25)11-27-14-8-6-12(7-9-14)18(19,20)21;/h2-9,13,25H,10-11H2,1H3,(H3,22,23,24);1H. The van der Waals surface area contributed by atoms with Crippen LogP contribution in [-0.4, -0.2) is 37.4 Å². The molecule has 0 aliphatic heterocycles. The summed E-state index contributed by atoms with van der Waals surface area (Å²) in [6.45, 7) is -0.189. The lowest BCUT2D eigenvalue weighted by Crippen LogP contribution is -2.27. The van der Waals surface area contributed by atoms with Crippen molar-refractivity contribution in [2.45, 2.75) is 12.3 Å². The summed E-state index contributed by atoms with van der Waals surface area (Å²) in [5.74, 6) is 0.876. The maximum absolute atomic E-state index is 12.5. The van der Waals surface area contributed by atoms with Crippen LogP contribution in [0.1, 0.15) is 5.56 Å². The largest absolute Gasteiger partial charge is 0.495 e. The van der Waals surface area contributed by atoms with Gasteiger partial charge in [0.15, 0.2) is 5.96 Å². The molecule has 0 bridgehead atoms. The molecule has 4 N–H and O–H groups in total. The van der Waals surface area contributed by atoms with Crippen LogP contribution in [0, 0.1) is 0 Å². The van der Waals surface area contributed by atoms with Crippen molar-refractivity contribution in [1.82, 2.24) is 0 Å². The third kappa shape index (κ3) is 7.43. The maximum atomic E-state index is 12.5. The molecule has 0 aliphatic carbocycles. The molecule has 10 heteroatoms. The van der Waals surface area contributed by atoms with Gasteiger partial charge in [-0.15, -0.1) is 24.0 Å². The fourth-order valence-corrected chi connectivity index (χ4v) is 2.11. The zero-order chi connectivity index (χ0) is 19.9. The number of rotatable bonds is 7. The Morgan fingerprint density at radius 1 is 1.18 bits per heavy atom. The fraction of sp³-hybridized carbons (Fsp3) is 0.278. The summed E-state index contributed by atoms with van der Waals surface area (Å²) in [4.78, 5) is 4.00. The molecule has 0 saturated carbocycles. The highest BCUT2D eigenvalue weighted by Gasteiger charge is 2.30. The van der Waals surface area contributed by atoms with E-state index in [0.29, 0.717) is 11.4 Å². The van der Waals surface area contributed by atoms with E-state index in [1.165, 1.54) is 19.2 Å². The van der Waals surface area contributed by atoms with Crippen molar-refractivity contribution in [3.8, 4) is 11.5 Å². The van der Waals surface area contributed by atoms with Crippen LogP contribution in [0.3, 0.4) is 0 Å². The number of ether oxygens (including phenoxy) is 2. The molecule has 2 aromatic carbocycles. The highest BCUT2D eigenvalue weighted by Crippen LogP contribution is 2.30. The fourth-order valence-electron chi connectivity index (χ4n) is 2.11. The van der Waals surface area contributed by atoms with Gasteiger partial charge in [-0.25, -0.2) is 0 Å². The van der Waals surface area contributed by atoms with Crippen LogP contribution in [0.15, 0.2) is 53.5 Å². The van der Waals surface area contributed by atoms with Crippen molar-refractivity contribution in [3.05, 3.63) is 54.1 Å². The average molecular weight is 511 g/mol. The van der Waals surface area contributed by atoms with Crippen molar-refractivity contribution >= 4 is 35.6 Å². The van der Waals surface area contributed by atoms with E-state index in [0.717, 1.165) is 12.1 Å². The van der Waals surface area contributed by atoms with Crippen LogP contribution >= 0.6 is 24.0 Å². The van der Waals surface area contributed by atoms with Gasteiger partial charge in [-0.2, -0.15) is 13.2 Å². The molecule has 28 heavy (non-hydrogen) atoms. The second-order valence-corrected chi connectivity index (χ2v) is 5.54. The van der Waals surface area contributed by atoms with E-state index in [9.17, 15) is 18.3 Å². The summed E-state index contributed by atoms with van der Waals surface area (Å²) >= 11 is 0. The van der Waals surface area contributed by atoms with Crippen LogP contribution in [-0.2, 0) is 6.18 Å². The van der Waals surface area contributed by atoms with Gasteiger partial charge in [-0.05, 0) is 36.4 Å². The number of hydrogen-bond donors (Lipinski definition) is 3. The molecule has 0 radical (unpaired) electrons. The first-order valence-electron chi connectivity index (χ1n) is 7.97. The monoisotopic (exact) mass is 511 g/mol. The number of alkyl halides is 3. The number of aliphatic hydroxyl groups excluding tert-OH is 1. The summed E-state index contributed by atoms with van der Waals surface area (Å²) in [5.41, 5.74) is 5.62. The SMILES string of the molecule is COc1ccccc1NC(N)=NCC(O)COc1ccc(C(F)(F)F)cc1.I. The molecule has 0 heterocycles. The number of para-hydroxylation sites is 2. The van der Waals surface area contributed by atoms with Gasteiger partial charge in [0.25, 0.3) is 0 Å².